The van der Waals surface area contributed by atoms with Crippen molar-refractivity contribution in [3.05, 3.63) is 47.5 Å². The zero-order valence-corrected chi connectivity index (χ0v) is 12.4. The first-order chi connectivity index (χ1) is 8.52. The van der Waals surface area contributed by atoms with Gasteiger partial charge in [-0.3, -0.25) is 0 Å². The van der Waals surface area contributed by atoms with Crippen molar-refractivity contribution < 1.29 is 5.11 Å². The summed E-state index contributed by atoms with van der Waals surface area (Å²) in [5.74, 6) is 0.153. The highest BCUT2D eigenvalue weighted by molar-refractivity contribution is 5.89. The van der Waals surface area contributed by atoms with Gasteiger partial charge in [-0.2, -0.15) is 0 Å². The summed E-state index contributed by atoms with van der Waals surface area (Å²) in [5.41, 5.74) is 8.47. The van der Waals surface area contributed by atoms with Crippen LogP contribution in [0.1, 0.15) is 31.0 Å². The summed E-state index contributed by atoms with van der Waals surface area (Å²) in [5, 5.41) is 12.5. The van der Waals surface area contributed by atoms with Crippen molar-refractivity contribution in [2.75, 3.05) is 0 Å². The first-order valence-electron chi connectivity index (χ1n) is 6.44. The van der Waals surface area contributed by atoms with E-state index in [9.17, 15) is 5.11 Å². The molecule has 0 saturated heterocycles. The summed E-state index contributed by atoms with van der Waals surface area (Å²) in [6, 6.07) is 12.0. The van der Waals surface area contributed by atoms with E-state index in [2.05, 4.69) is 25.1 Å². The zero-order valence-electron chi connectivity index (χ0n) is 11.6. The van der Waals surface area contributed by atoms with Gasteiger partial charge in [0.15, 0.2) is 0 Å². The second kappa shape index (κ2) is 6.38. The van der Waals surface area contributed by atoms with Gasteiger partial charge in [-0.15, -0.1) is 12.4 Å². The molecule has 2 atom stereocenters. The third-order valence-electron chi connectivity index (χ3n) is 3.59. The smallest absolute Gasteiger partial charge is 0.0755 e. The molecule has 3 N–H and O–H groups in total. The minimum Gasteiger partial charge on any atom is -0.391 e. The SMILES string of the molecule is Cc1ccc([C@H](N)[C@H](O)C(C)C)c2ccccc12.Cl. The van der Waals surface area contributed by atoms with Gasteiger partial charge in [-0.1, -0.05) is 50.2 Å². The van der Waals surface area contributed by atoms with Crippen molar-refractivity contribution in [1.82, 2.24) is 0 Å². The van der Waals surface area contributed by atoms with Gasteiger partial charge in [0.1, 0.15) is 0 Å². The van der Waals surface area contributed by atoms with Crippen molar-refractivity contribution >= 4 is 23.2 Å². The third-order valence-corrected chi connectivity index (χ3v) is 3.59. The van der Waals surface area contributed by atoms with Crippen LogP contribution in [0, 0.1) is 12.8 Å². The molecular formula is C16H22ClNO. The molecule has 2 rings (SSSR count). The average Bonchev–Trinajstić information content (AvgIpc) is 2.38. The Balaban J connectivity index is 0.00000180. The lowest BCUT2D eigenvalue weighted by atomic mass is 9.90. The maximum absolute atomic E-state index is 10.2. The number of fused-ring (bicyclic) bond motifs is 1. The van der Waals surface area contributed by atoms with E-state index in [1.807, 2.05) is 32.0 Å². The van der Waals surface area contributed by atoms with Gasteiger partial charge >= 0.3 is 0 Å². The van der Waals surface area contributed by atoms with E-state index in [1.165, 1.54) is 10.9 Å². The molecule has 0 unspecified atom stereocenters. The second-order valence-corrected chi connectivity index (χ2v) is 5.28. The summed E-state index contributed by atoms with van der Waals surface area (Å²) in [4.78, 5) is 0. The van der Waals surface area contributed by atoms with Gasteiger partial charge in [-0.05, 0) is 34.7 Å². The van der Waals surface area contributed by atoms with Crippen molar-refractivity contribution in [3.8, 4) is 0 Å². The average molecular weight is 280 g/mol. The van der Waals surface area contributed by atoms with E-state index in [4.69, 9.17) is 5.73 Å². The molecule has 0 fully saturated rings. The standard InChI is InChI=1S/C16H21NO.ClH/c1-10(2)16(18)15(17)14-9-8-11(3)12-6-4-5-7-13(12)14;/h4-10,15-16,18H,17H2,1-3H3;1H/t15-,16+;/m0./s1. The summed E-state index contributed by atoms with van der Waals surface area (Å²) in [6.07, 6.45) is -0.517. The summed E-state index contributed by atoms with van der Waals surface area (Å²) in [6.45, 7) is 6.07. The van der Waals surface area contributed by atoms with Gasteiger partial charge in [0.2, 0.25) is 0 Å². The number of aliphatic hydroxyl groups is 1. The molecule has 19 heavy (non-hydrogen) atoms. The Morgan fingerprint density at radius 1 is 1.00 bits per heavy atom. The van der Waals surface area contributed by atoms with Crippen LogP contribution in [0.15, 0.2) is 36.4 Å². The Hall–Kier alpha value is -1.09. The molecular weight excluding hydrogens is 258 g/mol. The van der Waals surface area contributed by atoms with Crippen molar-refractivity contribution in [2.24, 2.45) is 11.7 Å². The molecule has 2 nitrogen and oxygen atoms in total. The topological polar surface area (TPSA) is 46.2 Å². The Bertz CT molecular complexity index is 553. The second-order valence-electron chi connectivity index (χ2n) is 5.28. The molecule has 0 radical (unpaired) electrons. The number of nitrogens with two attached hydrogens (primary N) is 1. The van der Waals surface area contributed by atoms with Gasteiger partial charge in [-0.25, -0.2) is 0 Å². The van der Waals surface area contributed by atoms with Crippen molar-refractivity contribution in [2.45, 2.75) is 32.9 Å². The Morgan fingerprint density at radius 2 is 1.58 bits per heavy atom. The number of halogens is 1. The quantitative estimate of drug-likeness (QED) is 0.902. The zero-order chi connectivity index (χ0) is 13.3. The highest BCUT2D eigenvalue weighted by Gasteiger charge is 2.21. The van der Waals surface area contributed by atoms with E-state index < -0.39 is 6.10 Å². The number of hydrogen-bond donors (Lipinski definition) is 2. The lowest BCUT2D eigenvalue weighted by Gasteiger charge is -2.24. The highest BCUT2D eigenvalue weighted by atomic mass is 35.5. The molecule has 2 aromatic carbocycles. The fourth-order valence-corrected chi connectivity index (χ4v) is 2.36. The van der Waals surface area contributed by atoms with Gasteiger partial charge in [0.25, 0.3) is 0 Å². The Kier molecular flexibility index (Phi) is 5.36. The van der Waals surface area contributed by atoms with Crippen LogP contribution in [0.5, 0.6) is 0 Å². The molecule has 0 bridgehead atoms. The van der Waals surface area contributed by atoms with Crippen molar-refractivity contribution in [1.29, 1.82) is 0 Å². The normalized spacial score (nSPS) is 14.2. The predicted molar refractivity (Wildman–Crippen MR) is 83.7 cm³/mol. The maximum atomic E-state index is 10.2. The van der Waals surface area contributed by atoms with Gasteiger partial charge in [0.05, 0.1) is 12.1 Å². The summed E-state index contributed by atoms with van der Waals surface area (Å²) >= 11 is 0. The highest BCUT2D eigenvalue weighted by Crippen LogP contribution is 2.29. The molecule has 0 saturated carbocycles. The molecule has 0 spiro atoms. The molecule has 0 aromatic heterocycles. The summed E-state index contributed by atoms with van der Waals surface area (Å²) in [7, 11) is 0. The van der Waals surface area contributed by atoms with Crippen LogP contribution in [-0.2, 0) is 0 Å². The van der Waals surface area contributed by atoms with Crippen LogP contribution in [0.2, 0.25) is 0 Å². The predicted octanol–water partition coefficient (Wildman–Crippen LogP) is 3.59. The van der Waals surface area contributed by atoms with Crippen LogP contribution < -0.4 is 5.73 Å². The van der Waals surface area contributed by atoms with Crippen LogP contribution in [0.3, 0.4) is 0 Å². The van der Waals surface area contributed by atoms with E-state index >= 15 is 0 Å². The number of aryl methyl sites for hydroxylation is 1. The number of hydrogen-bond acceptors (Lipinski definition) is 2. The third kappa shape index (κ3) is 3.08. The molecule has 0 aliphatic heterocycles. The summed E-state index contributed by atoms with van der Waals surface area (Å²) < 4.78 is 0. The fraction of sp³-hybridized carbons (Fsp3) is 0.375. The lowest BCUT2D eigenvalue weighted by Crippen LogP contribution is -2.30. The van der Waals surface area contributed by atoms with E-state index in [1.54, 1.807) is 0 Å². The van der Waals surface area contributed by atoms with E-state index in [-0.39, 0.29) is 24.4 Å². The minimum atomic E-state index is -0.517. The van der Waals surface area contributed by atoms with Crippen LogP contribution in [-0.4, -0.2) is 11.2 Å². The lowest BCUT2D eigenvalue weighted by molar-refractivity contribution is 0.0984. The maximum Gasteiger partial charge on any atom is 0.0755 e. The van der Waals surface area contributed by atoms with Crippen LogP contribution >= 0.6 is 12.4 Å². The molecule has 0 heterocycles. The first kappa shape index (κ1) is 16.0. The number of benzene rings is 2. The Labute approximate surface area is 121 Å². The largest absolute Gasteiger partial charge is 0.391 e. The van der Waals surface area contributed by atoms with Gasteiger partial charge < -0.3 is 10.8 Å². The molecule has 2 aromatic rings. The minimum absolute atomic E-state index is 0. The molecule has 0 amide bonds. The van der Waals surface area contributed by atoms with Crippen LogP contribution in [0.4, 0.5) is 0 Å². The molecule has 0 aliphatic rings. The fourth-order valence-electron chi connectivity index (χ4n) is 2.36. The molecule has 3 heteroatoms. The van der Waals surface area contributed by atoms with E-state index in [0.717, 1.165) is 10.9 Å². The molecule has 104 valence electrons. The van der Waals surface area contributed by atoms with E-state index in [0.29, 0.717) is 0 Å². The van der Waals surface area contributed by atoms with Crippen molar-refractivity contribution in [3.63, 3.8) is 0 Å². The monoisotopic (exact) mass is 279 g/mol. The number of aliphatic hydroxyl groups excluding tert-OH is 1. The first-order valence-corrected chi connectivity index (χ1v) is 6.44. The van der Waals surface area contributed by atoms with Crippen LogP contribution in [0.25, 0.3) is 10.8 Å². The van der Waals surface area contributed by atoms with Gasteiger partial charge in [0, 0.05) is 0 Å². The molecule has 0 aliphatic carbocycles. The Morgan fingerprint density at radius 3 is 2.16 bits per heavy atom. The number of rotatable bonds is 3.